The van der Waals surface area contributed by atoms with Gasteiger partial charge in [0.2, 0.25) is 0 Å². The zero-order valence-corrected chi connectivity index (χ0v) is 14.9. The van der Waals surface area contributed by atoms with Gasteiger partial charge in [0.05, 0.1) is 17.4 Å². The third-order valence-corrected chi connectivity index (χ3v) is 4.89. The normalized spacial score (nSPS) is 14.9. The first kappa shape index (κ1) is 17.5. The third kappa shape index (κ3) is 4.81. The number of hydrogen-bond acceptors (Lipinski definition) is 3. The van der Waals surface area contributed by atoms with E-state index in [0.29, 0.717) is 11.6 Å². The van der Waals surface area contributed by atoms with E-state index in [1.165, 1.54) is 24.8 Å². The summed E-state index contributed by atoms with van der Waals surface area (Å²) in [7, 11) is 0. The fourth-order valence-corrected chi connectivity index (χ4v) is 3.43. The maximum atomic E-state index is 12.6. The molecule has 4 nitrogen and oxygen atoms in total. The fraction of sp³-hybridized carbons (Fsp3) is 0.429. The number of carbonyl (C=O) groups is 1. The van der Waals surface area contributed by atoms with Crippen LogP contribution in [-0.4, -0.2) is 23.5 Å². The van der Waals surface area contributed by atoms with Gasteiger partial charge < -0.3 is 10.2 Å². The molecule has 1 aliphatic rings. The Morgan fingerprint density at radius 2 is 1.92 bits per heavy atom. The largest absolute Gasteiger partial charge is 0.366 e. The Morgan fingerprint density at radius 1 is 1.16 bits per heavy atom. The summed E-state index contributed by atoms with van der Waals surface area (Å²) in [5.41, 5.74) is 2.89. The van der Waals surface area contributed by atoms with Crippen molar-refractivity contribution in [2.24, 2.45) is 0 Å². The van der Waals surface area contributed by atoms with E-state index in [1.54, 1.807) is 6.20 Å². The van der Waals surface area contributed by atoms with Gasteiger partial charge in [-0.3, -0.25) is 9.78 Å². The number of anilines is 1. The molecule has 1 aromatic carbocycles. The first-order chi connectivity index (χ1) is 12.3. The average Bonchev–Trinajstić information content (AvgIpc) is 2.68. The zero-order valence-electron chi connectivity index (χ0n) is 14.9. The van der Waals surface area contributed by atoms with Gasteiger partial charge in [0.1, 0.15) is 0 Å². The van der Waals surface area contributed by atoms with Crippen LogP contribution in [0.4, 0.5) is 5.69 Å². The van der Waals surface area contributed by atoms with Crippen molar-refractivity contribution in [2.75, 3.05) is 11.4 Å². The maximum Gasteiger partial charge on any atom is 0.253 e. The summed E-state index contributed by atoms with van der Waals surface area (Å²) in [4.78, 5) is 19.1. The highest BCUT2D eigenvalue weighted by atomic mass is 16.1. The standard InChI is InChI=1S/C21H27N3O/c1-2-24(16-17-9-5-3-6-10-17)20-13-18(14-22-15-20)21(25)23-19-11-7-4-8-12-19/h3,5-6,9-10,13-15,19H,2,4,7-8,11-12,16H2,1H3,(H,23,25). The first-order valence-electron chi connectivity index (χ1n) is 9.31. The molecule has 4 heteroatoms. The predicted octanol–water partition coefficient (Wildman–Crippen LogP) is 4.17. The molecule has 1 aliphatic carbocycles. The molecule has 1 heterocycles. The van der Waals surface area contributed by atoms with Gasteiger partial charge in [-0.1, -0.05) is 49.6 Å². The number of benzene rings is 1. The van der Waals surface area contributed by atoms with Gasteiger partial charge in [0, 0.05) is 25.3 Å². The predicted molar refractivity (Wildman–Crippen MR) is 102 cm³/mol. The molecule has 0 atom stereocenters. The molecule has 1 aromatic heterocycles. The van der Waals surface area contributed by atoms with Gasteiger partial charge in [0.25, 0.3) is 5.91 Å². The van der Waals surface area contributed by atoms with E-state index in [1.807, 2.05) is 18.3 Å². The van der Waals surface area contributed by atoms with E-state index in [2.05, 4.69) is 46.4 Å². The summed E-state index contributed by atoms with van der Waals surface area (Å²) < 4.78 is 0. The van der Waals surface area contributed by atoms with Crippen molar-refractivity contribution in [1.29, 1.82) is 0 Å². The van der Waals surface area contributed by atoms with E-state index in [9.17, 15) is 4.79 Å². The number of pyridine rings is 1. The van der Waals surface area contributed by atoms with Gasteiger partial charge in [0.15, 0.2) is 0 Å². The number of aromatic nitrogens is 1. The smallest absolute Gasteiger partial charge is 0.253 e. The molecule has 132 valence electrons. The van der Waals surface area contributed by atoms with E-state index < -0.39 is 0 Å². The lowest BCUT2D eigenvalue weighted by molar-refractivity contribution is 0.0927. The van der Waals surface area contributed by atoms with Crippen LogP contribution in [0.15, 0.2) is 48.8 Å². The Hall–Kier alpha value is -2.36. The van der Waals surface area contributed by atoms with E-state index in [0.717, 1.165) is 31.6 Å². The summed E-state index contributed by atoms with van der Waals surface area (Å²) in [6, 6.07) is 12.6. The van der Waals surface area contributed by atoms with Gasteiger partial charge in [-0.15, -0.1) is 0 Å². The molecule has 0 saturated heterocycles. The minimum absolute atomic E-state index is 0.00276. The van der Waals surface area contributed by atoms with E-state index in [4.69, 9.17) is 0 Å². The molecule has 0 unspecified atom stereocenters. The first-order valence-corrected chi connectivity index (χ1v) is 9.31. The molecule has 25 heavy (non-hydrogen) atoms. The van der Waals surface area contributed by atoms with Crippen molar-refractivity contribution < 1.29 is 4.79 Å². The SMILES string of the molecule is CCN(Cc1ccccc1)c1cncc(C(=O)NC2CCCCC2)c1. The summed E-state index contributed by atoms with van der Waals surface area (Å²) >= 11 is 0. The van der Waals surface area contributed by atoms with Gasteiger partial charge >= 0.3 is 0 Å². The Balaban J connectivity index is 1.69. The number of nitrogens with one attached hydrogen (secondary N) is 1. The van der Waals surface area contributed by atoms with Crippen molar-refractivity contribution in [2.45, 2.75) is 51.6 Å². The lowest BCUT2D eigenvalue weighted by Gasteiger charge is -2.24. The molecule has 1 amide bonds. The van der Waals surface area contributed by atoms with Crippen LogP contribution in [0, 0.1) is 0 Å². The van der Waals surface area contributed by atoms with Crippen LogP contribution in [0.25, 0.3) is 0 Å². The molecule has 1 saturated carbocycles. The monoisotopic (exact) mass is 337 g/mol. The van der Waals surface area contributed by atoms with Crippen molar-refractivity contribution in [3.63, 3.8) is 0 Å². The molecular weight excluding hydrogens is 310 g/mol. The quantitative estimate of drug-likeness (QED) is 0.860. The number of hydrogen-bond donors (Lipinski definition) is 1. The summed E-state index contributed by atoms with van der Waals surface area (Å²) in [5.74, 6) is -0.00276. The molecule has 1 fully saturated rings. The van der Waals surface area contributed by atoms with Crippen molar-refractivity contribution in [1.82, 2.24) is 10.3 Å². The van der Waals surface area contributed by atoms with Gasteiger partial charge in [-0.25, -0.2) is 0 Å². The topological polar surface area (TPSA) is 45.2 Å². The second-order valence-electron chi connectivity index (χ2n) is 6.74. The Kier molecular flexibility index (Phi) is 6.04. The fourth-order valence-electron chi connectivity index (χ4n) is 3.43. The summed E-state index contributed by atoms with van der Waals surface area (Å²) in [5, 5.41) is 3.17. The van der Waals surface area contributed by atoms with Crippen molar-refractivity contribution >= 4 is 11.6 Å². The summed E-state index contributed by atoms with van der Waals surface area (Å²) in [6.07, 6.45) is 9.39. The van der Waals surface area contributed by atoms with Gasteiger partial charge in [-0.2, -0.15) is 0 Å². The van der Waals surface area contributed by atoms with Crippen LogP contribution in [0.5, 0.6) is 0 Å². The van der Waals surface area contributed by atoms with Crippen LogP contribution < -0.4 is 10.2 Å². The second-order valence-corrected chi connectivity index (χ2v) is 6.74. The zero-order chi connectivity index (χ0) is 17.5. The Bertz CT molecular complexity index is 681. The molecule has 3 rings (SSSR count). The summed E-state index contributed by atoms with van der Waals surface area (Å²) in [6.45, 7) is 3.80. The molecule has 2 aromatic rings. The Labute approximate surface area is 150 Å². The average molecular weight is 337 g/mol. The van der Waals surface area contributed by atoms with Crippen molar-refractivity contribution in [3.8, 4) is 0 Å². The molecule has 0 aliphatic heterocycles. The highest BCUT2D eigenvalue weighted by molar-refractivity contribution is 5.94. The van der Waals surface area contributed by atoms with Gasteiger partial charge in [-0.05, 0) is 31.4 Å². The highest BCUT2D eigenvalue weighted by Crippen LogP contribution is 2.20. The number of rotatable bonds is 6. The minimum Gasteiger partial charge on any atom is -0.366 e. The molecule has 0 spiro atoms. The van der Waals surface area contributed by atoms with E-state index >= 15 is 0 Å². The van der Waals surface area contributed by atoms with Crippen molar-refractivity contribution in [3.05, 3.63) is 59.9 Å². The molecule has 1 N–H and O–H groups in total. The lowest BCUT2D eigenvalue weighted by Crippen LogP contribution is -2.36. The Morgan fingerprint density at radius 3 is 2.64 bits per heavy atom. The van der Waals surface area contributed by atoms with Crippen LogP contribution in [0.3, 0.4) is 0 Å². The second kappa shape index (κ2) is 8.65. The van der Waals surface area contributed by atoms with Crippen LogP contribution in [0.2, 0.25) is 0 Å². The minimum atomic E-state index is -0.00276. The van der Waals surface area contributed by atoms with E-state index in [-0.39, 0.29) is 5.91 Å². The lowest BCUT2D eigenvalue weighted by atomic mass is 9.95. The highest BCUT2D eigenvalue weighted by Gasteiger charge is 2.17. The molecular formula is C21H27N3O. The number of carbonyl (C=O) groups excluding carboxylic acids is 1. The number of nitrogens with zero attached hydrogens (tertiary/aromatic N) is 2. The van der Waals surface area contributed by atoms with Crippen LogP contribution in [-0.2, 0) is 6.54 Å². The number of amides is 1. The molecule has 0 bridgehead atoms. The molecule has 0 radical (unpaired) electrons. The van der Waals surface area contributed by atoms with Crippen LogP contribution >= 0.6 is 0 Å². The van der Waals surface area contributed by atoms with Crippen LogP contribution in [0.1, 0.15) is 54.9 Å². The third-order valence-electron chi connectivity index (χ3n) is 4.89. The maximum absolute atomic E-state index is 12.6.